The van der Waals surface area contributed by atoms with Crippen molar-refractivity contribution >= 4 is 16.1 Å². The Kier molecular flexibility index (Phi) is 4.60. The zero-order valence-corrected chi connectivity index (χ0v) is 13.4. The van der Waals surface area contributed by atoms with E-state index in [2.05, 4.69) is 0 Å². The minimum absolute atomic E-state index is 0.167. The summed E-state index contributed by atoms with van der Waals surface area (Å²) in [6, 6.07) is 4.68. The number of hydrogen-bond acceptors (Lipinski definition) is 5. The van der Waals surface area contributed by atoms with Crippen LogP contribution in [-0.4, -0.2) is 45.2 Å². The van der Waals surface area contributed by atoms with Gasteiger partial charge in [-0.15, -0.1) is 3.89 Å². The summed E-state index contributed by atoms with van der Waals surface area (Å²) in [4.78, 5) is 13.4. The van der Waals surface area contributed by atoms with Crippen molar-refractivity contribution in [1.82, 2.24) is 4.90 Å². The van der Waals surface area contributed by atoms with Gasteiger partial charge in [-0.2, -0.15) is 8.42 Å². The summed E-state index contributed by atoms with van der Waals surface area (Å²) < 4.78 is 45.6. The zero-order valence-electron chi connectivity index (χ0n) is 12.6. The lowest BCUT2D eigenvalue weighted by molar-refractivity contribution is -0.129. The smallest absolute Gasteiger partial charge is 0.307 e. The highest BCUT2D eigenvalue weighted by Crippen LogP contribution is 2.35. The Labute approximate surface area is 129 Å². The van der Waals surface area contributed by atoms with Crippen molar-refractivity contribution < 1.29 is 26.6 Å². The van der Waals surface area contributed by atoms with Gasteiger partial charge in [0.1, 0.15) is 16.7 Å². The molecule has 1 amide bonds. The predicted molar refractivity (Wildman–Crippen MR) is 78.1 cm³/mol. The van der Waals surface area contributed by atoms with Gasteiger partial charge in [-0.05, 0) is 25.1 Å². The summed E-state index contributed by atoms with van der Waals surface area (Å²) >= 11 is 0. The van der Waals surface area contributed by atoms with Crippen LogP contribution in [0.3, 0.4) is 0 Å². The Morgan fingerprint density at radius 1 is 1.32 bits per heavy atom. The molecular weight excluding hydrogens is 313 g/mol. The molecule has 1 aromatic rings. The second-order valence-corrected chi connectivity index (χ2v) is 6.75. The Morgan fingerprint density at radius 3 is 2.50 bits per heavy atom. The van der Waals surface area contributed by atoms with Gasteiger partial charge in [0.15, 0.2) is 0 Å². The molecule has 0 aliphatic carbocycles. The van der Waals surface area contributed by atoms with E-state index in [9.17, 15) is 17.1 Å². The minimum atomic E-state index is -4.73. The Bertz CT molecular complexity index is 676. The molecule has 6 nitrogen and oxygen atoms in total. The normalized spacial score (nSPS) is 20.1. The molecule has 1 saturated heterocycles. The van der Waals surface area contributed by atoms with E-state index in [4.69, 9.17) is 9.47 Å². The third-order valence-electron chi connectivity index (χ3n) is 3.88. The molecule has 22 heavy (non-hydrogen) atoms. The molecule has 1 fully saturated rings. The number of carbonyl (C=O) groups is 1. The first-order valence-corrected chi connectivity index (χ1v) is 8.17. The lowest BCUT2D eigenvalue weighted by atomic mass is 10.1. The molecule has 2 unspecified atom stereocenters. The first-order valence-electron chi connectivity index (χ1n) is 6.72. The quantitative estimate of drug-likeness (QED) is 0.767. The van der Waals surface area contributed by atoms with E-state index in [1.54, 1.807) is 25.1 Å². The summed E-state index contributed by atoms with van der Waals surface area (Å²) in [7, 11) is -1.72. The Balaban J connectivity index is 2.32. The van der Waals surface area contributed by atoms with Gasteiger partial charge in [0.05, 0.1) is 20.3 Å². The van der Waals surface area contributed by atoms with Gasteiger partial charge in [0.25, 0.3) is 0 Å². The van der Waals surface area contributed by atoms with Crippen LogP contribution in [0.5, 0.6) is 11.5 Å². The number of benzene rings is 1. The summed E-state index contributed by atoms with van der Waals surface area (Å²) in [5.74, 6) is 0.736. The molecule has 2 rings (SSSR count). The van der Waals surface area contributed by atoms with E-state index in [1.807, 2.05) is 0 Å². The van der Waals surface area contributed by atoms with E-state index in [0.29, 0.717) is 17.1 Å². The SMILES string of the molecule is COc1ccc(OC)c(C(C)N2CC(S(=O)(=O)F)CC2=O)c1. The molecule has 0 aromatic heterocycles. The maximum absolute atomic E-state index is 13.1. The summed E-state index contributed by atoms with van der Waals surface area (Å²) in [6.07, 6.45) is -0.338. The van der Waals surface area contributed by atoms with Gasteiger partial charge in [0, 0.05) is 18.5 Å². The molecule has 8 heteroatoms. The topological polar surface area (TPSA) is 72.9 Å². The monoisotopic (exact) mass is 331 g/mol. The third-order valence-corrected chi connectivity index (χ3v) is 4.99. The van der Waals surface area contributed by atoms with Gasteiger partial charge in [-0.3, -0.25) is 4.79 Å². The summed E-state index contributed by atoms with van der Waals surface area (Å²) in [6.45, 7) is 1.57. The third kappa shape index (κ3) is 3.16. The molecule has 1 aromatic carbocycles. The number of methoxy groups -OCH3 is 2. The van der Waals surface area contributed by atoms with Crippen LogP contribution in [0.4, 0.5) is 3.89 Å². The maximum Gasteiger partial charge on any atom is 0.307 e. The van der Waals surface area contributed by atoms with Gasteiger partial charge >= 0.3 is 10.2 Å². The molecule has 0 N–H and O–H groups in total. The van der Waals surface area contributed by atoms with Crippen LogP contribution in [0.15, 0.2) is 18.2 Å². The van der Waals surface area contributed by atoms with Gasteiger partial charge < -0.3 is 14.4 Å². The largest absolute Gasteiger partial charge is 0.497 e. The average molecular weight is 331 g/mol. The van der Waals surface area contributed by atoms with Crippen LogP contribution in [0, 0.1) is 0 Å². The van der Waals surface area contributed by atoms with E-state index < -0.39 is 27.4 Å². The van der Waals surface area contributed by atoms with Crippen molar-refractivity contribution in [1.29, 1.82) is 0 Å². The van der Waals surface area contributed by atoms with Crippen molar-refractivity contribution in [3.05, 3.63) is 23.8 Å². The molecule has 2 atom stereocenters. The predicted octanol–water partition coefficient (Wildman–Crippen LogP) is 1.66. The fourth-order valence-electron chi connectivity index (χ4n) is 2.59. The molecule has 0 spiro atoms. The molecule has 1 heterocycles. The second kappa shape index (κ2) is 6.12. The zero-order chi connectivity index (χ0) is 16.5. The van der Waals surface area contributed by atoms with Crippen molar-refractivity contribution in [3.8, 4) is 11.5 Å². The molecule has 0 bridgehead atoms. The molecule has 1 aliphatic heterocycles. The number of ether oxygens (including phenoxy) is 2. The molecule has 1 aliphatic rings. The van der Waals surface area contributed by atoms with Crippen molar-refractivity contribution in [2.75, 3.05) is 20.8 Å². The molecule has 0 radical (unpaired) electrons. The minimum Gasteiger partial charge on any atom is -0.497 e. The van der Waals surface area contributed by atoms with E-state index in [1.165, 1.54) is 19.1 Å². The second-order valence-electron chi connectivity index (χ2n) is 5.13. The van der Waals surface area contributed by atoms with Gasteiger partial charge in [0.2, 0.25) is 5.91 Å². The van der Waals surface area contributed by atoms with E-state index >= 15 is 0 Å². The number of nitrogens with zero attached hydrogens (tertiary/aromatic N) is 1. The summed E-state index contributed by atoms with van der Waals surface area (Å²) in [5.41, 5.74) is 0.673. The van der Waals surface area contributed by atoms with Crippen LogP contribution < -0.4 is 9.47 Å². The van der Waals surface area contributed by atoms with Crippen molar-refractivity contribution in [2.24, 2.45) is 0 Å². The Morgan fingerprint density at radius 2 is 2.00 bits per heavy atom. The van der Waals surface area contributed by atoms with Crippen LogP contribution in [0.25, 0.3) is 0 Å². The van der Waals surface area contributed by atoms with Crippen molar-refractivity contribution in [3.63, 3.8) is 0 Å². The van der Waals surface area contributed by atoms with Crippen LogP contribution in [0.2, 0.25) is 0 Å². The Hall–Kier alpha value is -1.83. The van der Waals surface area contributed by atoms with Crippen LogP contribution in [-0.2, 0) is 15.0 Å². The average Bonchev–Trinajstić information content (AvgIpc) is 2.88. The fraction of sp³-hybridized carbons (Fsp3) is 0.500. The van der Waals surface area contributed by atoms with Gasteiger partial charge in [-0.1, -0.05) is 0 Å². The molecule has 0 saturated carbocycles. The lowest BCUT2D eigenvalue weighted by Gasteiger charge is -2.26. The highest BCUT2D eigenvalue weighted by molar-refractivity contribution is 7.87. The first-order chi connectivity index (χ1) is 10.3. The number of carbonyl (C=O) groups excluding carboxylic acids is 1. The first kappa shape index (κ1) is 16.5. The standard InChI is InChI=1S/C14H18FNO5S/c1-9(12-6-10(20-2)4-5-13(12)21-3)16-8-11(7-14(16)17)22(15,18)19/h4-6,9,11H,7-8H2,1-3H3. The fourth-order valence-corrected chi connectivity index (χ4v) is 3.27. The summed E-state index contributed by atoms with van der Waals surface area (Å²) in [5, 5.41) is -1.31. The number of amides is 1. The van der Waals surface area contributed by atoms with E-state index in [-0.39, 0.29) is 13.0 Å². The van der Waals surface area contributed by atoms with E-state index in [0.717, 1.165) is 0 Å². The molecular formula is C14H18FNO5S. The van der Waals surface area contributed by atoms with Crippen LogP contribution >= 0.6 is 0 Å². The van der Waals surface area contributed by atoms with Crippen LogP contribution in [0.1, 0.15) is 24.9 Å². The highest BCUT2D eigenvalue weighted by atomic mass is 32.3. The van der Waals surface area contributed by atoms with Gasteiger partial charge in [-0.25, -0.2) is 0 Å². The number of likely N-dealkylation sites (tertiary alicyclic amines) is 1. The number of hydrogen-bond donors (Lipinski definition) is 0. The molecule has 122 valence electrons. The number of halogens is 1. The highest BCUT2D eigenvalue weighted by Gasteiger charge is 2.41. The lowest BCUT2D eigenvalue weighted by Crippen LogP contribution is -2.30. The maximum atomic E-state index is 13.1. The van der Waals surface area contributed by atoms with Crippen molar-refractivity contribution in [2.45, 2.75) is 24.6 Å². The number of rotatable bonds is 5.